The van der Waals surface area contributed by atoms with E-state index in [9.17, 15) is 8.42 Å². The largest absolute Gasteiger partial charge is 0.489 e. The summed E-state index contributed by atoms with van der Waals surface area (Å²) in [5.74, 6) is 1.65. The lowest BCUT2D eigenvalue weighted by atomic mass is 10.3. The lowest BCUT2D eigenvalue weighted by Crippen LogP contribution is -2.43. The van der Waals surface area contributed by atoms with Gasteiger partial charge in [-0.25, -0.2) is 13.4 Å². The number of halogens is 1. The minimum atomic E-state index is -2.95. The van der Waals surface area contributed by atoms with E-state index in [-0.39, 0.29) is 41.9 Å². The molecule has 0 saturated heterocycles. The number of para-hydroxylation sites is 1. The molecule has 2 unspecified atom stereocenters. The average molecular weight is 483 g/mol. The third kappa shape index (κ3) is 12.0. The minimum absolute atomic E-state index is 0. The number of guanidine groups is 1. The van der Waals surface area contributed by atoms with Gasteiger partial charge < -0.3 is 15.4 Å². The average Bonchev–Trinajstić information content (AvgIpc) is 2.51. The molecule has 2 N–H and O–H groups in total. The minimum Gasteiger partial charge on any atom is -0.489 e. The molecule has 1 aromatic rings. The van der Waals surface area contributed by atoms with E-state index in [1.807, 2.05) is 51.1 Å². The Labute approximate surface area is 168 Å². The van der Waals surface area contributed by atoms with Crippen molar-refractivity contribution >= 4 is 39.8 Å². The Morgan fingerprint density at radius 3 is 2.44 bits per heavy atom. The molecule has 0 aliphatic carbocycles. The molecule has 8 heteroatoms. The molecule has 0 amide bonds. The Kier molecular flexibility index (Phi) is 11.8. The highest BCUT2D eigenvalue weighted by Crippen LogP contribution is 2.10. The predicted octanol–water partition coefficient (Wildman–Crippen LogP) is 2.45. The smallest absolute Gasteiger partial charge is 0.191 e. The van der Waals surface area contributed by atoms with E-state index in [1.54, 1.807) is 0 Å². The molecule has 25 heavy (non-hydrogen) atoms. The van der Waals surface area contributed by atoms with Crippen LogP contribution in [0.15, 0.2) is 35.3 Å². The maximum Gasteiger partial charge on any atom is 0.191 e. The van der Waals surface area contributed by atoms with E-state index in [1.165, 1.54) is 6.26 Å². The van der Waals surface area contributed by atoms with Crippen LogP contribution in [-0.2, 0) is 9.84 Å². The van der Waals surface area contributed by atoms with E-state index in [0.717, 1.165) is 12.3 Å². The van der Waals surface area contributed by atoms with Gasteiger partial charge in [0.15, 0.2) is 5.96 Å². The lowest BCUT2D eigenvalue weighted by molar-refractivity contribution is 0.230. The number of hydrogen-bond acceptors (Lipinski definition) is 4. The highest BCUT2D eigenvalue weighted by Gasteiger charge is 2.10. The van der Waals surface area contributed by atoms with Crippen LogP contribution in [0.3, 0.4) is 0 Å². The van der Waals surface area contributed by atoms with Crippen molar-refractivity contribution < 1.29 is 13.2 Å². The van der Waals surface area contributed by atoms with Gasteiger partial charge in [-0.2, -0.15) is 0 Å². The molecular weight excluding hydrogens is 453 g/mol. The maximum atomic E-state index is 11.2. The van der Waals surface area contributed by atoms with Gasteiger partial charge in [-0.15, -0.1) is 24.0 Å². The molecule has 0 aliphatic rings. The first kappa shape index (κ1) is 24.0. The lowest BCUT2D eigenvalue weighted by Gasteiger charge is -2.18. The zero-order valence-electron chi connectivity index (χ0n) is 15.4. The van der Waals surface area contributed by atoms with E-state index in [0.29, 0.717) is 18.9 Å². The topological polar surface area (TPSA) is 79.8 Å². The van der Waals surface area contributed by atoms with Crippen molar-refractivity contribution in [1.29, 1.82) is 0 Å². The molecule has 0 spiro atoms. The predicted molar refractivity (Wildman–Crippen MR) is 115 cm³/mol. The molecule has 1 rings (SSSR count). The van der Waals surface area contributed by atoms with E-state index in [2.05, 4.69) is 15.6 Å². The first-order valence-electron chi connectivity index (χ1n) is 8.24. The van der Waals surface area contributed by atoms with E-state index >= 15 is 0 Å². The Morgan fingerprint density at radius 2 is 1.88 bits per heavy atom. The van der Waals surface area contributed by atoms with E-state index < -0.39 is 9.84 Å². The molecule has 0 radical (unpaired) electrons. The van der Waals surface area contributed by atoms with Crippen LogP contribution in [0, 0.1) is 0 Å². The van der Waals surface area contributed by atoms with Gasteiger partial charge in [-0.3, -0.25) is 0 Å². The van der Waals surface area contributed by atoms with Crippen molar-refractivity contribution in [2.75, 3.05) is 25.1 Å². The van der Waals surface area contributed by atoms with Crippen LogP contribution in [0.5, 0.6) is 5.75 Å². The summed E-state index contributed by atoms with van der Waals surface area (Å²) in [5.41, 5.74) is 0. The van der Waals surface area contributed by atoms with E-state index in [4.69, 9.17) is 4.74 Å². The van der Waals surface area contributed by atoms with Gasteiger partial charge in [0.05, 0.1) is 12.3 Å². The summed E-state index contributed by atoms with van der Waals surface area (Å²) >= 11 is 0. The molecule has 0 aliphatic heterocycles. The standard InChI is InChI=1S/C17H29N3O3S.HI/c1-5-18-17(20-14(2)11-12-24(4,21)22)19-13-15(3)23-16-9-7-6-8-10-16;/h6-10,14-15H,5,11-13H2,1-4H3,(H2,18,19,20);1H. The number of nitrogens with zero attached hydrogens (tertiary/aromatic N) is 1. The highest BCUT2D eigenvalue weighted by molar-refractivity contribution is 14.0. The fourth-order valence-corrected chi connectivity index (χ4v) is 2.79. The van der Waals surface area contributed by atoms with Crippen molar-refractivity contribution in [3.8, 4) is 5.75 Å². The van der Waals surface area contributed by atoms with Crippen molar-refractivity contribution in [1.82, 2.24) is 10.6 Å². The molecule has 0 heterocycles. The molecule has 1 aromatic carbocycles. The summed E-state index contributed by atoms with van der Waals surface area (Å²) in [5, 5.41) is 6.39. The van der Waals surface area contributed by atoms with Gasteiger partial charge in [-0.05, 0) is 39.3 Å². The van der Waals surface area contributed by atoms with Crippen LogP contribution in [0.1, 0.15) is 27.2 Å². The van der Waals surface area contributed by atoms with Crippen molar-refractivity contribution in [2.45, 2.75) is 39.3 Å². The van der Waals surface area contributed by atoms with Crippen molar-refractivity contribution in [3.63, 3.8) is 0 Å². The summed E-state index contributed by atoms with van der Waals surface area (Å²) in [4.78, 5) is 4.51. The van der Waals surface area contributed by atoms with Gasteiger partial charge in [0, 0.05) is 18.8 Å². The van der Waals surface area contributed by atoms with Gasteiger partial charge in [0.25, 0.3) is 0 Å². The SMILES string of the molecule is CCNC(=NCC(C)Oc1ccccc1)NC(C)CCS(C)(=O)=O.I. The summed E-state index contributed by atoms with van der Waals surface area (Å²) in [6, 6.07) is 9.65. The van der Waals surface area contributed by atoms with Crippen molar-refractivity contribution in [3.05, 3.63) is 30.3 Å². The Hall–Kier alpha value is -1.03. The quantitative estimate of drug-likeness (QED) is 0.321. The first-order chi connectivity index (χ1) is 11.3. The number of rotatable bonds is 9. The zero-order valence-corrected chi connectivity index (χ0v) is 18.5. The number of hydrogen-bond donors (Lipinski definition) is 2. The van der Waals surface area contributed by atoms with Crippen LogP contribution >= 0.6 is 24.0 Å². The van der Waals surface area contributed by atoms with Gasteiger partial charge in [0.2, 0.25) is 0 Å². The second kappa shape index (κ2) is 12.3. The molecule has 0 aromatic heterocycles. The Bertz CT molecular complexity index is 609. The summed E-state index contributed by atoms with van der Waals surface area (Å²) in [7, 11) is -2.95. The Balaban J connectivity index is 0.00000576. The summed E-state index contributed by atoms with van der Waals surface area (Å²) in [6.07, 6.45) is 1.73. The molecule has 6 nitrogen and oxygen atoms in total. The third-order valence-electron chi connectivity index (χ3n) is 3.24. The maximum absolute atomic E-state index is 11.2. The Morgan fingerprint density at radius 1 is 1.24 bits per heavy atom. The van der Waals surface area contributed by atoms with Crippen LogP contribution in [0.4, 0.5) is 0 Å². The van der Waals surface area contributed by atoms with Gasteiger partial charge >= 0.3 is 0 Å². The molecule has 0 saturated carbocycles. The monoisotopic (exact) mass is 483 g/mol. The summed E-state index contributed by atoms with van der Waals surface area (Å²) < 4.78 is 28.3. The third-order valence-corrected chi connectivity index (χ3v) is 4.21. The zero-order chi connectivity index (χ0) is 18.0. The molecule has 144 valence electrons. The first-order valence-corrected chi connectivity index (χ1v) is 10.3. The number of sulfone groups is 1. The number of nitrogens with one attached hydrogen (secondary N) is 2. The van der Waals surface area contributed by atoms with Crippen LogP contribution in [-0.4, -0.2) is 51.6 Å². The van der Waals surface area contributed by atoms with Gasteiger partial charge in [-0.1, -0.05) is 18.2 Å². The van der Waals surface area contributed by atoms with Crippen LogP contribution < -0.4 is 15.4 Å². The summed E-state index contributed by atoms with van der Waals surface area (Å²) in [6.45, 7) is 7.14. The van der Waals surface area contributed by atoms with Gasteiger partial charge in [0.1, 0.15) is 21.7 Å². The fraction of sp³-hybridized carbons (Fsp3) is 0.588. The number of ether oxygens (including phenoxy) is 1. The normalized spacial score (nSPS) is 14.2. The molecular formula is C17H30IN3O3S. The second-order valence-corrected chi connectivity index (χ2v) is 8.18. The molecule has 2 atom stereocenters. The van der Waals surface area contributed by atoms with Crippen LogP contribution in [0.25, 0.3) is 0 Å². The highest BCUT2D eigenvalue weighted by atomic mass is 127. The molecule has 0 bridgehead atoms. The van der Waals surface area contributed by atoms with Crippen molar-refractivity contribution in [2.24, 2.45) is 4.99 Å². The second-order valence-electron chi connectivity index (χ2n) is 5.93. The fourth-order valence-electron chi connectivity index (χ4n) is 2.00. The number of aliphatic imine (C=N–C) groups is 1. The van der Waals surface area contributed by atoms with Crippen LogP contribution in [0.2, 0.25) is 0 Å². The molecule has 0 fully saturated rings. The number of benzene rings is 1.